The van der Waals surface area contributed by atoms with Gasteiger partial charge >= 0.3 is 0 Å². The minimum absolute atomic E-state index is 0. The highest BCUT2D eigenvalue weighted by atomic mass is 79.9. The number of benzene rings is 3. The third kappa shape index (κ3) is 7.09. The molecule has 3 aliphatic heterocycles. The molecule has 2 bridgehead atoms. The second kappa shape index (κ2) is 13.9. The Bertz CT molecular complexity index is 1650. The number of methoxy groups -OCH3 is 1. The monoisotopic (exact) mass is 696 g/mol. The van der Waals surface area contributed by atoms with Crippen molar-refractivity contribution in [3.63, 3.8) is 0 Å². The molecule has 4 nitrogen and oxygen atoms in total. The molecule has 5 heteroatoms. The van der Waals surface area contributed by atoms with Gasteiger partial charge in [-0.1, -0.05) is 96.1 Å². The molecule has 3 saturated heterocycles. The average Bonchev–Trinajstić information content (AvgIpc) is 3.04. The predicted molar refractivity (Wildman–Crippen MR) is 190 cm³/mol. The number of aromatic nitrogens is 1. The number of fused-ring (bicyclic) bond motifs is 4. The normalized spacial score (nSPS) is 23.3. The van der Waals surface area contributed by atoms with Gasteiger partial charge in [0, 0.05) is 47.0 Å². The number of pyridine rings is 1. The average molecular weight is 698 g/mol. The lowest BCUT2D eigenvalue weighted by Gasteiger charge is -2.58. The zero-order valence-electron chi connectivity index (χ0n) is 29.4. The molecule has 1 aromatic heterocycles. The van der Waals surface area contributed by atoms with E-state index in [2.05, 4.69) is 127 Å². The molecule has 0 N–H and O–H groups in total. The lowest BCUT2D eigenvalue weighted by Crippen LogP contribution is -3.00. The van der Waals surface area contributed by atoms with Crippen molar-refractivity contribution < 1.29 is 30.9 Å². The third-order valence-corrected chi connectivity index (χ3v) is 10.8. The second-order valence-corrected chi connectivity index (χ2v) is 15.9. The predicted octanol–water partition coefficient (Wildman–Crippen LogP) is 6.71. The van der Waals surface area contributed by atoms with Crippen LogP contribution in [0.5, 0.6) is 5.75 Å². The molecule has 0 aliphatic carbocycles. The molecule has 5 atom stereocenters. The highest BCUT2D eigenvalue weighted by Crippen LogP contribution is 2.50. The smallest absolute Gasteiger partial charge is 0.135 e. The second-order valence-electron chi connectivity index (χ2n) is 15.9. The minimum atomic E-state index is -0.0657. The summed E-state index contributed by atoms with van der Waals surface area (Å²) in [7, 11) is 1.83. The van der Waals surface area contributed by atoms with Crippen molar-refractivity contribution in [3.05, 3.63) is 119 Å². The molecule has 0 spiro atoms. The Kier molecular flexibility index (Phi) is 10.4. The van der Waals surface area contributed by atoms with Gasteiger partial charge in [0.1, 0.15) is 24.4 Å². The number of para-hydroxylation sites is 1. The van der Waals surface area contributed by atoms with Gasteiger partial charge in [-0.2, -0.15) is 0 Å². The zero-order valence-corrected chi connectivity index (χ0v) is 31.0. The molecule has 3 aromatic carbocycles. The molecular weight excluding hydrogens is 644 g/mol. The molecule has 0 saturated carbocycles. The van der Waals surface area contributed by atoms with E-state index in [-0.39, 0.29) is 33.9 Å². The van der Waals surface area contributed by atoms with Gasteiger partial charge in [0.15, 0.2) is 0 Å². The zero-order chi connectivity index (χ0) is 32.7. The fraction of sp³-hybridized carbons (Fsp3) is 0.452. The lowest BCUT2D eigenvalue weighted by atomic mass is 9.70. The van der Waals surface area contributed by atoms with Crippen molar-refractivity contribution in [2.24, 2.45) is 11.8 Å². The topological polar surface area (TPSA) is 31.4 Å². The Hall–Kier alpha value is -2.99. The van der Waals surface area contributed by atoms with Crippen LogP contribution in [0.15, 0.2) is 91.6 Å². The van der Waals surface area contributed by atoms with Crippen LogP contribution in [-0.4, -0.2) is 35.7 Å². The summed E-state index contributed by atoms with van der Waals surface area (Å²) in [6, 6.07) is 26.6. The SMILES string of the molecule is C=C[C@H]1C[N@+]2(Cc3cc(C(C)(C)C)c(OC)c(C(C)(C)C)c3)CC[C@H]1C[C@H]2[C@H](OCc1ccccc1)c1ccnc2ccccc12.[Br-]. The first-order valence-electron chi connectivity index (χ1n) is 17.1. The van der Waals surface area contributed by atoms with Gasteiger partial charge in [0.25, 0.3) is 0 Å². The first-order chi connectivity index (χ1) is 21.9. The van der Waals surface area contributed by atoms with Gasteiger partial charge < -0.3 is 30.9 Å². The van der Waals surface area contributed by atoms with E-state index in [9.17, 15) is 0 Å². The van der Waals surface area contributed by atoms with Crippen LogP contribution in [0.4, 0.5) is 0 Å². The number of hydrogen-bond acceptors (Lipinski definition) is 3. The van der Waals surface area contributed by atoms with Gasteiger partial charge in [-0.3, -0.25) is 4.98 Å². The number of quaternary nitrogens is 1. The number of piperidine rings is 3. The largest absolute Gasteiger partial charge is 1.00 e. The van der Waals surface area contributed by atoms with Crippen LogP contribution in [0, 0.1) is 11.8 Å². The Morgan fingerprint density at radius 2 is 1.57 bits per heavy atom. The number of ether oxygens (including phenoxy) is 2. The van der Waals surface area contributed by atoms with Crippen molar-refractivity contribution in [1.82, 2.24) is 4.98 Å². The van der Waals surface area contributed by atoms with E-state index in [4.69, 9.17) is 14.5 Å². The Morgan fingerprint density at radius 1 is 0.915 bits per heavy atom. The molecule has 3 aliphatic rings. The minimum Gasteiger partial charge on any atom is -1.00 e. The van der Waals surface area contributed by atoms with Gasteiger partial charge in [0.2, 0.25) is 0 Å². The lowest BCUT2D eigenvalue weighted by molar-refractivity contribution is -0.985. The van der Waals surface area contributed by atoms with E-state index in [1.165, 1.54) is 39.6 Å². The molecule has 0 unspecified atom stereocenters. The van der Waals surface area contributed by atoms with Crippen LogP contribution in [0.1, 0.15) is 88.3 Å². The van der Waals surface area contributed by atoms with Gasteiger partial charge in [-0.25, -0.2) is 0 Å². The van der Waals surface area contributed by atoms with Crippen molar-refractivity contribution in [3.8, 4) is 5.75 Å². The van der Waals surface area contributed by atoms with Gasteiger partial charge in [0.05, 0.1) is 32.3 Å². The maximum atomic E-state index is 7.15. The standard InChI is InChI=1S/C42H53N2O2.BrH/c1-9-31-27-44(26-30-23-35(41(2,3)4)40(45-8)36(24-30)42(5,6)7)22-20-32(31)25-38(44)39(46-28-29-15-11-10-12-16-29)34-19-21-43-37-18-14-13-17-33(34)37;/h9-19,21,23-24,31-32,38-39H,1,20,22,25-28H2,2-8H3;1H/q+1;/p-1/t31-,32-,38-,39+,44+;/m0./s1. The summed E-state index contributed by atoms with van der Waals surface area (Å²) >= 11 is 0. The molecule has 0 amide bonds. The number of hydrogen-bond donors (Lipinski definition) is 0. The van der Waals surface area contributed by atoms with E-state index in [1.807, 2.05) is 13.3 Å². The van der Waals surface area contributed by atoms with Crippen LogP contribution in [-0.2, 0) is 28.7 Å². The molecule has 4 aromatic rings. The quantitative estimate of drug-likeness (QED) is 0.144. The van der Waals surface area contributed by atoms with Gasteiger partial charge in [-0.15, -0.1) is 6.58 Å². The van der Waals surface area contributed by atoms with Crippen LogP contribution in [0.3, 0.4) is 0 Å². The van der Waals surface area contributed by atoms with E-state index >= 15 is 0 Å². The third-order valence-electron chi connectivity index (χ3n) is 10.8. The molecule has 3 fully saturated rings. The summed E-state index contributed by atoms with van der Waals surface area (Å²) in [5, 5.41) is 1.19. The Morgan fingerprint density at radius 3 is 2.21 bits per heavy atom. The fourth-order valence-electron chi connectivity index (χ4n) is 8.38. The summed E-state index contributed by atoms with van der Waals surface area (Å²) in [5.41, 5.74) is 7.37. The maximum Gasteiger partial charge on any atom is 0.135 e. The molecule has 4 heterocycles. The van der Waals surface area contributed by atoms with E-state index < -0.39 is 0 Å². The molecule has 47 heavy (non-hydrogen) atoms. The highest BCUT2D eigenvalue weighted by Gasteiger charge is 2.54. The number of rotatable bonds is 9. The first kappa shape index (κ1) is 35.3. The van der Waals surface area contributed by atoms with E-state index in [1.54, 1.807) is 0 Å². The van der Waals surface area contributed by atoms with Crippen molar-refractivity contribution in [2.45, 2.75) is 90.5 Å². The molecule has 0 radical (unpaired) electrons. The number of nitrogens with zero attached hydrogens (tertiary/aromatic N) is 2. The first-order valence-corrected chi connectivity index (χ1v) is 17.1. The van der Waals surface area contributed by atoms with Crippen LogP contribution < -0.4 is 21.7 Å². The van der Waals surface area contributed by atoms with Crippen LogP contribution in [0.25, 0.3) is 10.9 Å². The van der Waals surface area contributed by atoms with Gasteiger partial charge in [-0.05, 0) is 52.1 Å². The highest BCUT2D eigenvalue weighted by molar-refractivity contribution is 5.82. The van der Waals surface area contributed by atoms with Crippen LogP contribution >= 0.6 is 0 Å². The Balaban J connectivity index is 0.00000433. The summed E-state index contributed by atoms with van der Waals surface area (Å²) in [4.78, 5) is 4.74. The molecule has 7 rings (SSSR count). The summed E-state index contributed by atoms with van der Waals surface area (Å²) in [5.74, 6) is 2.18. The van der Waals surface area contributed by atoms with E-state index in [0.29, 0.717) is 24.5 Å². The van der Waals surface area contributed by atoms with E-state index in [0.717, 1.165) is 41.8 Å². The summed E-state index contributed by atoms with van der Waals surface area (Å²) in [6.07, 6.45) is 6.50. The Labute approximate surface area is 293 Å². The summed E-state index contributed by atoms with van der Waals surface area (Å²) in [6.45, 7) is 21.9. The molecular formula is C42H53BrN2O2. The van der Waals surface area contributed by atoms with Crippen molar-refractivity contribution in [1.29, 1.82) is 0 Å². The maximum absolute atomic E-state index is 7.15. The van der Waals surface area contributed by atoms with Crippen molar-refractivity contribution in [2.75, 3.05) is 20.2 Å². The number of halogens is 1. The summed E-state index contributed by atoms with van der Waals surface area (Å²) < 4.78 is 14.3. The fourth-order valence-corrected chi connectivity index (χ4v) is 8.38. The van der Waals surface area contributed by atoms with Crippen LogP contribution in [0.2, 0.25) is 0 Å². The van der Waals surface area contributed by atoms with Crippen molar-refractivity contribution >= 4 is 10.9 Å². The molecule has 250 valence electrons.